The summed E-state index contributed by atoms with van der Waals surface area (Å²) >= 11 is 0. The minimum absolute atomic E-state index is 0.0231. The number of hydrazine groups is 1. The van der Waals surface area contributed by atoms with Crippen molar-refractivity contribution in [3.8, 4) is 0 Å². The molecule has 3 nitrogen and oxygen atoms in total. The molecule has 0 spiro atoms. The van der Waals surface area contributed by atoms with Gasteiger partial charge in [-0.05, 0) is 30.0 Å². The molecule has 108 valence electrons. The van der Waals surface area contributed by atoms with Gasteiger partial charge in [0.1, 0.15) is 0 Å². The molecule has 2 N–H and O–H groups in total. The zero-order valence-corrected chi connectivity index (χ0v) is 12.2. The van der Waals surface area contributed by atoms with Crippen LogP contribution >= 0.6 is 0 Å². The third-order valence-corrected chi connectivity index (χ3v) is 3.66. The predicted molar refractivity (Wildman–Crippen MR) is 83.0 cm³/mol. The number of nitrogens with one attached hydrogen (secondary N) is 2. The van der Waals surface area contributed by atoms with E-state index in [9.17, 15) is 4.79 Å². The standard InChI is InChI=1S/C17H24N2O/c1-2-3-4-5-6-7-14-8-10-15(11-9-14)12-16-13-18-19-17(16)20/h8-12,18H,2-7,13H2,1H3,(H,19,20)/b16-12+. The lowest BCUT2D eigenvalue weighted by atomic mass is 10.0. The number of hydrogen-bond donors (Lipinski definition) is 2. The largest absolute Gasteiger partial charge is 0.287 e. The summed E-state index contributed by atoms with van der Waals surface area (Å²) in [7, 11) is 0. The second kappa shape index (κ2) is 7.85. The summed E-state index contributed by atoms with van der Waals surface area (Å²) in [6.45, 7) is 2.84. The Morgan fingerprint density at radius 3 is 2.50 bits per heavy atom. The second-order valence-corrected chi connectivity index (χ2v) is 5.38. The first-order valence-electron chi connectivity index (χ1n) is 7.62. The van der Waals surface area contributed by atoms with E-state index >= 15 is 0 Å². The van der Waals surface area contributed by atoms with Crippen molar-refractivity contribution in [3.05, 3.63) is 41.0 Å². The van der Waals surface area contributed by atoms with Crippen LogP contribution in [0.25, 0.3) is 6.08 Å². The Labute approximate surface area is 121 Å². The summed E-state index contributed by atoms with van der Waals surface area (Å²) in [5.74, 6) is -0.0231. The van der Waals surface area contributed by atoms with Crippen molar-refractivity contribution in [2.24, 2.45) is 0 Å². The predicted octanol–water partition coefficient (Wildman–Crippen LogP) is 3.22. The maximum absolute atomic E-state index is 11.4. The maximum atomic E-state index is 11.4. The summed E-state index contributed by atoms with van der Waals surface area (Å²) in [6, 6.07) is 8.54. The number of benzene rings is 1. The van der Waals surface area contributed by atoms with Gasteiger partial charge in [-0.3, -0.25) is 10.2 Å². The van der Waals surface area contributed by atoms with E-state index in [-0.39, 0.29) is 5.91 Å². The fraction of sp³-hybridized carbons (Fsp3) is 0.471. The third kappa shape index (κ3) is 4.49. The number of amides is 1. The van der Waals surface area contributed by atoms with E-state index in [1.54, 1.807) is 0 Å². The van der Waals surface area contributed by atoms with Gasteiger partial charge < -0.3 is 0 Å². The van der Waals surface area contributed by atoms with E-state index in [2.05, 4.69) is 42.0 Å². The average Bonchev–Trinajstić information content (AvgIpc) is 2.86. The highest BCUT2D eigenvalue weighted by Crippen LogP contribution is 2.13. The highest BCUT2D eigenvalue weighted by molar-refractivity contribution is 5.99. The van der Waals surface area contributed by atoms with E-state index in [0.717, 1.165) is 17.6 Å². The van der Waals surface area contributed by atoms with Crippen LogP contribution in [0.3, 0.4) is 0 Å². The van der Waals surface area contributed by atoms with Crippen molar-refractivity contribution in [2.45, 2.75) is 45.4 Å². The lowest BCUT2D eigenvalue weighted by Crippen LogP contribution is -2.25. The molecule has 0 saturated carbocycles. The van der Waals surface area contributed by atoms with Gasteiger partial charge in [-0.15, -0.1) is 0 Å². The fourth-order valence-electron chi connectivity index (χ4n) is 2.41. The molecular formula is C17H24N2O. The van der Waals surface area contributed by atoms with Crippen LogP contribution in [-0.2, 0) is 11.2 Å². The van der Waals surface area contributed by atoms with Gasteiger partial charge in [0, 0.05) is 12.1 Å². The molecule has 1 aromatic rings. The average molecular weight is 272 g/mol. The molecule has 1 saturated heterocycles. The monoisotopic (exact) mass is 272 g/mol. The molecular weight excluding hydrogens is 248 g/mol. The van der Waals surface area contributed by atoms with Crippen LogP contribution in [-0.4, -0.2) is 12.5 Å². The van der Waals surface area contributed by atoms with Crippen molar-refractivity contribution in [2.75, 3.05) is 6.54 Å². The van der Waals surface area contributed by atoms with Crippen molar-refractivity contribution in [1.82, 2.24) is 10.9 Å². The van der Waals surface area contributed by atoms with Crippen LogP contribution in [0, 0.1) is 0 Å². The minimum atomic E-state index is -0.0231. The van der Waals surface area contributed by atoms with E-state index in [4.69, 9.17) is 0 Å². The third-order valence-electron chi connectivity index (χ3n) is 3.66. The molecule has 1 heterocycles. The lowest BCUT2D eigenvalue weighted by molar-refractivity contribution is -0.116. The number of rotatable bonds is 7. The van der Waals surface area contributed by atoms with Crippen LogP contribution in [0.5, 0.6) is 0 Å². The van der Waals surface area contributed by atoms with E-state index in [1.807, 2.05) is 6.08 Å². The Kier molecular flexibility index (Phi) is 5.81. The van der Waals surface area contributed by atoms with Crippen molar-refractivity contribution in [3.63, 3.8) is 0 Å². The molecule has 1 amide bonds. The molecule has 0 aliphatic carbocycles. The second-order valence-electron chi connectivity index (χ2n) is 5.38. The molecule has 3 heteroatoms. The summed E-state index contributed by atoms with van der Waals surface area (Å²) in [6.07, 6.45) is 9.69. The topological polar surface area (TPSA) is 41.1 Å². The number of hydrogen-bond acceptors (Lipinski definition) is 2. The first kappa shape index (κ1) is 14.8. The molecule has 1 fully saturated rings. The molecule has 2 rings (SSSR count). The maximum Gasteiger partial charge on any atom is 0.262 e. The SMILES string of the molecule is CCCCCCCc1ccc(/C=C2\CNNC2=O)cc1. The van der Waals surface area contributed by atoms with Gasteiger partial charge in [-0.25, -0.2) is 5.43 Å². The highest BCUT2D eigenvalue weighted by atomic mass is 16.2. The van der Waals surface area contributed by atoms with Gasteiger partial charge in [0.15, 0.2) is 0 Å². The molecule has 0 aromatic heterocycles. The first-order valence-corrected chi connectivity index (χ1v) is 7.62. The number of unbranched alkanes of at least 4 members (excludes halogenated alkanes) is 4. The van der Waals surface area contributed by atoms with Crippen molar-refractivity contribution < 1.29 is 4.79 Å². The van der Waals surface area contributed by atoms with E-state index in [0.29, 0.717) is 6.54 Å². The number of carbonyl (C=O) groups excluding carboxylic acids is 1. The molecule has 0 atom stereocenters. The van der Waals surface area contributed by atoms with Crippen LogP contribution < -0.4 is 10.9 Å². The normalized spacial score (nSPS) is 16.6. The molecule has 0 radical (unpaired) electrons. The van der Waals surface area contributed by atoms with Gasteiger partial charge in [0.25, 0.3) is 5.91 Å². The molecule has 0 unspecified atom stereocenters. The molecule has 1 aliphatic rings. The van der Waals surface area contributed by atoms with Crippen LogP contribution in [0.4, 0.5) is 0 Å². The Balaban J connectivity index is 1.82. The smallest absolute Gasteiger partial charge is 0.262 e. The zero-order valence-electron chi connectivity index (χ0n) is 12.2. The highest BCUT2D eigenvalue weighted by Gasteiger charge is 2.14. The Morgan fingerprint density at radius 1 is 1.10 bits per heavy atom. The van der Waals surface area contributed by atoms with Crippen LogP contribution in [0.15, 0.2) is 29.8 Å². The minimum Gasteiger partial charge on any atom is -0.287 e. The van der Waals surface area contributed by atoms with Crippen LogP contribution in [0.2, 0.25) is 0 Å². The number of aryl methyl sites for hydroxylation is 1. The fourth-order valence-corrected chi connectivity index (χ4v) is 2.41. The van der Waals surface area contributed by atoms with Gasteiger partial charge >= 0.3 is 0 Å². The summed E-state index contributed by atoms with van der Waals surface area (Å²) in [4.78, 5) is 11.4. The lowest BCUT2D eigenvalue weighted by Gasteiger charge is -2.03. The summed E-state index contributed by atoms with van der Waals surface area (Å²) < 4.78 is 0. The van der Waals surface area contributed by atoms with Crippen LogP contribution in [0.1, 0.15) is 50.2 Å². The quantitative estimate of drug-likeness (QED) is 0.591. The van der Waals surface area contributed by atoms with E-state index < -0.39 is 0 Å². The zero-order chi connectivity index (χ0) is 14.2. The Morgan fingerprint density at radius 2 is 1.85 bits per heavy atom. The first-order chi connectivity index (χ1) is 9.79. The Hall–Kier alpha value is -1.61. The van der Waals surface area contributed by atoms with E-state index in [1.165, 1.54) is 37.7 Å². The van der Waals surface area contributed by atoms with Crippen molar-refractivity contribution in [1.29, 1.82) is 0 Å². The molecule has 1 aliphatic heterocycles. The molecule has 20 heavy (non-hydrogen) atoms. The van der Waals surface area contributed by atoms with Gasteiger partial charge in [-0.1, -0.05) is 56.9 Å². The molecule has 0 bridgehead atoms. The number of carbonyl (C=O) groups is 1. The summed E-state index contributed by atoms with van der Waals surface area (Å²) in [5.41, 5.74) is 8.69. The summed E-state index contributed by atoms with van der Waals surface area (Å²) in [5, 5.41) is 0. The van der Waals surface area contributed by atoms with Gasteiger partial charge in [0.05, 0.1) is 0 Å². The molecule has 1 aromatic carbocycles. The van der Waals surface area contributed by atoms with Crippen molar-refractivity contribution >= 4 is 12.0 Å². The van der Waals surface area contributed by atoms with Gasteiger partial charge in [0.2, 0.25) is 0 Å². The van der Waals surface area contributed by atoms with Gasteiger partial charge in [-0.2, -0.15) is 0 Å². The Bertz CT molecular complexity index is 462.